The SMILES string of the molecule is COC(CON=C1CN(c2ncc(Br)cn2)C1)CN1C(=O)c2ccccc2C1=O. The molecule has 0 spiro atoms. The number of carbonyl (C=O) groups excluding carboxylic acids is 2. The Labute approximate surface area is 175 Å². The molecule has 1 fully saturated rings. The van der Waals surface area contributed by atoms with Crippen LogP contribution in [0.15, 0.2) is 46.3 Å². The van der Waals surface area contributed by atoms with E-state index in [9.17, 15) is 9.59 Å². The fourth-order valence-corrected chi connectivity index (χ4v) is 3.28. The van der Waals surface area contributed by atoms with Crippen LogP contribution in [0.3, 0.4) is 0 Å². The highest BCUT2D eigenvalue weighted by molar-refractivity contribution is 9.10. The molecule has 4 rings (SSSR count). The Morgan fingerprint density at radius 2 is 1.76 bits per heavy atom. The lowest BCUT2D eigenvalue weighted by Crippen LogP contribution is -2.48. The predicted octanol–water partition coefficient (Wildman–Crippen LogP) is 1.74. The molecule has 9 nitrogen and oxygen atoms in total. The van der Waals surface area contributed by atoms with Crippen LogP contribution in [0.2, 0.25) is 0 Å². The number of hydrogen-bond acceptors (Lipinski definition) is 8. The Kier molecular flexibility index (Phi) is 5.54. The van der Waals surface area contributed by atoms with Crippen molar-refractivity contribution in [3.63, 3.8) is 0 Å². The minimum Gasteiger partial charge on any atom is -0.393 e. The van der Waals surface area contributed by atoms with E-state index in [0.29, 0.717) is 30.2 Å². The van der Waals surface area contributed by atoms with E-state index in [2.05, 4.69) is 31.1 Å². The van der Waals surface area contributed by atoms with E-state index < -0.39 is 6.10 Å². The molecule has 2 aliphatic heterocycles. The maximum Gasteiger partial charge on any atom is 0.261 e. The first-order chi connectivity index (χ1) is 14.1. The quantitative estimate of drug-likeness (QED) is 0.459. The maximum absolute atomic E-state index is 12.4. The number of fused-ring (bicyclic) bond motifs is 1. The van der Waals surface area contributed by atoms with E-state index in [0.717, 1.165) is 10.2 Å². The highest BCUT2D eigenvalue weighted by atomic mass is 79.9. The van der Waals surface area contributed by atoms with E-state index in [1.807, 2.05) is 4.90 Å². The molecular weight excluding hydrogens is 442 g/mol. The van der Waals surface area contributed by atoms with E-state index in [1.165, 1.54) is 12.0 Å². The number of rotatable bonds is 7. The van der Waals surface area contributed by atoms with Crippen LogP contribution in [-0.4, -0.2) is 71.8 Å². The van der Waals surface area contributed by atoms with Crippen LogP contribution in [0.4, 0.5) is 5.95 Å². The molecule has 0 radical (unpaired) electrons. The first kappa shape index (κ1) is 19.5. The zero-order valence-electron chi connectivity index (χ0n) is 15.6. The number of methoxy groups -OCH3 is 1. The number of benzene rings is 1. The fraction of sp³-hybridized carbons (Fsp3) is 0.316. The normalized spacial score (nSPS) is 16.6. The number of amides is 2. The monoisotopic (exact) mass is 459 g/mol. The standard InChI is InChI=1S/C19H18BrN5O4/c1-28-14(10-25-17(26)15-4-2-3-5-16(15)18(25)27)11-29-23-13-8-24(9-13)19-21-6-12(20)7-22-19/h2-7,14H,8-11H2,1H3. The summed E-state index contributed by atoms with van der Waals surface area (Å²) in [4.78, 5) is 41.9. The number of halogens is 1. The van der Waals surface area contributed by atoms with Crippen molar-refractivity contribution in [2.45, 2.75) is 6.10 Å². The molecule has 1 unspecified atom stereocenters. The van der Waals surface area contributed by atoms with Crippen LogP contribution in [0.5, 0.6) is 0 Å². The molecule has 150 valence electrons. The van der Waals surface area contributed by atoms with Crippen molar-refractivity contribution in [2.75, 3.05) is 38.3 Å². The Hall–Kier alpha value is -2.85. The van der Waals surface area contributed by atoms with Gasteiger partial charge in [-0.15, -0.1) is 0 Å². The molecule has 2 amide bonds. The lowest BCUT2D eigenvalue weighted by molar-refractivity contribution is -0.00399. The lowest BCUT2D eigenvalue weighted by Gasteiger charge is -2.31. The number of ether oxygens (including phenoxy) is 1. The summed E-state index contributed by atoms with van der Waals surface area (Å²) in [5.41, 5.74) is 1.68. The predicted molar refractivity (Wildman–Crippen MR) is 108 cm³/mol. The maximum atomic E-state index is 12.4. The van der Waals surface area contributed by atoms with Crippen molar-refractivity contribution in [3.8, 4) is 0 Å². The van der Waals surface area contributed by atoms with Crippen LogP contribution in [0.25, 0.3) is 0 Å². The van der Waals surface area contributed by atoms with Crippen LogP contribution in [-0.2, 0) is 9.57 Å². The summed E-state index contributed by atoms with van der Waals surface area (Å²) in [6, 6.07) is 6.78. The summed E-state index contributed by atoms with van der Waals surface area (Å²) in [6.45, 7) is 1.39. The van der Waals surface area contributed by atoms with Gasteiger partial charge in [-0.05, 0) is 28.1 Å². The zero-order chi connectivity index (χ0) is 20.4. The third kappa shape index (κ3) is 3.99. The summed E-state index contributed by atoms with van der Waals surface area (Å²) < 4.78 is 6.19. The zero-order valence-corrected chi connectivity index (χ0v) is 17.2. The molecule has 2 aromatic rings. The van der Waals surface area contributed by atoms with Crippen molar-refractivity contribution in [3.05, 3.63) is 52.3 Å². The van der Waals surface area contributed by atoms with Gasteiger partial charge in [0.1, 0.15) is 12.7 Å². The number of oxime groups is 1. The average molecular weight is 460 g/mol. The Morgan fingerprint density at radius 3 is 2.34 bits per heavy atom. The second kappa shape index (κ2) is 8.26. The van der Waals surface area contributed by atoms with Gasteiger partial charge in [-0.3, -0.25) is 14.5 Å². The summed E-state index contributed by atoms with van der Waals surface area (Å²) >= 11 is 3.30. The van der Waals surface area contributed by atoms with Gasteiger partial charge < -0.3 is 14.5 Å². The molecule has 1 saturated heterocycles. The summed E-state index contributed by atoms with van der Waals surface area (Å²) in [6.07, 6.45) is 2.90. The molecule has 0 saturated carbocycles. The van der Waals surface area contributed by atoms with E-state index >= 15 is 0 Å². The average Bonchev–Trinajstić information content (AvgIpc) is 2.94. The third-order valence-corrected chi connectivity index (χ3v) is 5.10. The first-order valence-electron chi connectivity index (χ1n) is 8.95. The highest BCUT2D eigenvalue weighted by Crippen LogP contribution is 2.23. The minimum absolute atomic E-state index is 0.104. The van der Waals surface area contributed by atoms with Crippen molar-refractivity contribution in [1.29, 1.82) is 0 Å². The molecule has 10 heteroatoms. The molecule has 2 aliphatic rings. The molecule has 0 aliphatic carbocycles. The Balaban J connectivity index is 1.28. The molecule has 1 atom stereocenters. The van der Waals surface area contributed by atoms with Crippen molar-refractivity contribution in [2.24, 2.45) is 5.16 Å². The van der Waals surface area contributed by atoms with Crippen molar-refractivity contribution < 1.29 is 19.2 Å². The fourth-order valence-electron chi connectivity index (χ4n) is 3.08. The number of anilines is 1. The van der Waals surface area contributed by atoms with Crippen LogP contribution < -0.4 is 4.90 Å². The van der Waals surface area contributed by atoms with Gasteiger partial charge in [-0.25, -0.2) is 9.97 Å². The largest absolute Gasteiger partial charge is 0.393 e. The van der Waals surface area contributed by atoms with Gasteiger partial charge >= 0.3 is 0 Å². The van der Waals surface area contributed by atoms with E-state index in [4.69, 9.17) is 9.57 Å². The highest BCUT2D eigenvalue weighted by Gasteiger charge is 2.36. The van der Waals surface area contributed by atoms with Gasteiger partial charge in [0.15, 0.2) is 0 Å². The molecular formula is C19H18BrN5O4. The number of nitrogens with zero attached hydrogens (tertiary/aromatic N) is 5. The van der Waals surface area contributed by atoms with Gasteiger partial charge in [0.2, 0.25) is 5.95 Å². The molecule has 1 aromatic carbocycles. The Morgan fingerprint density at radius 1 is 1.14 bits per heavy atom. The van der Waals surface area contributed by atoms with Crippen molar-refractivity contribution >= 4 is 39.4 Å². The molecule has 29 heavy (non-hydrogen) atoms. The van der Waals surface area contributed by atoms with Gasteiger partial charge in [-0.1, -0.05) is 17.3 Å². The first-order valence-corrected chi connectivity index (χ1v) is 9.74. The smallest absolute Gasteiger partial charge is 0.261 e. The van der Waals surface area contributed by atoms with Crippen molar-refractivity contribution in [1.82, 2.24) is 14.9 Å². The number of hydrogen-bond donors (Lipinski definition) is 0. The van der Waals surface area contributed by atoms with E-state index in [-0.39, 0.29) is 25.0 Å². The van der Waals surface area contributed by atoms with Gasteiger partial charge in [0.05, 0.1) is 40.9 Å². The minimum atomic E-state index is -0.479. The second-order valence-corrected chi connectivity index (χ2v) is 7.55. The summed E-state index contributed by atoms with van der Waals surface area (Å²) in [5.74, 6) is -0.00117. The number of carbonyl (C=O) groups is 2. The topological polar surface area (TPSA) is 97.2 Å². The molecule has 1 aromatic heterocycles. The summed E-state index contributed by atoms with van der Waals surface area (Å²) in [5, 5.41) is 4.10. The molecule has 3 heterocycles. The summed E-state index contributed by atoms with van der Waals surface area (Å²) in [7, 11) is 1.51. The molecule has 0 N–H and O–H groups in total. The van der Waals surface area contributed by atoms with Crippen LogP contribution >= 0.6 is 15.9 Å². The van der Waals surface area contributed by atoms with Gasteiger partial charge in [0.25, 0.3) is 11.8 Å². The van der Waals surface area contributed by atoms with Gasteiger partial charge in [0, 0.05) is 19.5 Å². The Bertz CT molecular complexity index is 922. The van der Waals surface area contributed by atoms with Crippen LogP contribution in [0.1, 0.15) is 20.7 Å². The van der Waals surface area contributed by atoms with Gasteiger partial charge in [-0.2, -0.15) is 0 Å². The molecule has 0 bridgehead atoms. The lowest BCUT2D eigenvalue weighted by atomic mass is 10.1. The number of aromatic nitrogens is 2. The number of imide groups is 1. The van der Waals surface area contributed by atoms with E-state index in [1.54, 1.807) is 36.7 Å². The van der Waals surface area contributed by atoms with Crippen LogP contribution in [0, 0.1) is 0 Å². The third-order valence-electron chi connectivity index (χ3n) is 4.69. The second-order valence-electron chi connectivity index (χ2n) is 6.63.